The van der Waals surface area contributed by atoms with Gasteiger partial charge < -0.3 is 5.32 Å². The standard InChI is InChI=1S/C16H23BrClN/c1-16(2,3)12-6-4-5-7-15(12)19-11-8-9-14(18)13(17)10-11/h8-10,12,15,19H,4-7H2,1-3H3. The number of rotatable bonds is 2. The van der Waals surface area contributed by atoms with E-state index in [1.54, 1.807) is 0 Å². The van der Waals surface area contributed by atoms with Gasteiger partial charge in [-0.25, -0.2) is 0 Å². The number of hydrogen-bond acceptors (Lipinski definition) is 1. The van der Waals surface area contributed by atoms with E-state index in [-0.39, 0.29) is 0 Å². The van der Waals surface area contributed by atoms with Crippen LogP contribution in [0, 0.1) is 11.3 Å². The Morgan fingerprint density at radius 3 is 2.53 bits per heavy atom. The summed E-state index contributed by atoms with van der Waals surface area (Å²) in [4.78, 5) is 0. The van der Waals surface area contributed by atoms with Crippen molar-refractivity contribution in [1.29, 1.82) is 0 Å². The predicted molar refractivity (Wildman–Crippen MR) is 88.0 cm³/mol. The predicted octanol–water partition coefficient (Wildman–Crippen LogP) is 6.12. The van der Waals surface area contributed by atoms with Crippen LogP contribution in [-0.2, 0) is 0 Å². The third kappa shape index (κ3) is 3.88. The lowest BCUT2D eigenvalue weighted by molar-refractivity contribution is 0.163. The van der Waals surface area contributed by atoms with Crippen LogP contribution in [0.5, 0.6) is 0 Å². The van der Waals surface area contributed by atoms with Crippen molar-refractivity contribution in [3.63, 3.8) is 0 Å². The zero-order chi connectivity index (χ0) is 14.0. The average Bonchev–Trinajstić information content (AvgIpc) is 2.33. The first-order chi connectivity index (χ1) is 8.88. The van der Waals surface area contributed by atoms with Crippen LogP contribution >= 0.6 is 27.5 Å². The molecule has 0 aromatic heterocycles. The summed E-state index contributed by atoms with van der Waals surface area (Å²) in [5.74, 6) is 0.732. The van der Waals surface area contributed by atoms with E-state index in [0.717, 1.165) is 21.1 Å². The van der Waals surface area contributed by atoms with Gasteiger partial charge in [0, 0.05) is 16.2 Å². The van der Waals surface area contributed by atoms with E-state index in [2.05, 4.69) is 54.2 Å². The largest absolute Gasteiger partial charge is 0.382 e. The van der Waals surface area contributed by atoms with Crippen LogP contribution in [0.25, 0.3) is 0 Å². The SMILES string of the molecule is CC(C)(C)C1CCCCC1Nc1ccc(Cl)c(Br)c1. The van der Waals surface area contributed by atoms with Crippen LogP contribution in [0.4, 0.5) is 5.69 Å². The van der Waals surface area contributed by atoms with Crippen LogP contribution in [-0.4, -0.2) is 6.04 Å². The van der Waals surface area contributed by atoms with E-state index in [0.29, 0.717) is 11.5 Å². The van der Waals surface area contributed by atoms with Crippen LogP contribution in [0.3, 0.4) is 0 Å². The number of anilines is 1. The quantitative estimate of drug-likeness (QED) is 0.681. The summed E-state index contributed by atoms with van der Waals surface area (Å²) in [6, 6.07) is 6.67. The second-order valence-corrected chi connectivity index (χ2v) is 7.90. The van der Waals surface area contributed by atoms with Crippen molar-refractivity contribution in [3.8, 4) is 0 Å². The molecule has 0 amide bonds. The molecule has 1 aliphatic carbocycles. The summed E-state index contributed by atoms with van der Waals surface area (Å²) in [6.45, 7) is 7.07. The fourth-order valence-corrected chi connectivity index (χ4v) is 3.64. The van der Waals surface area contributed by atoms with Gasteiger partial charge in [-0.1, -0.05) is 45.2 Å². The fourth-order valence-electron chi connectivity index (χ4n) is 3.14. The molecular formula is C16H23BrClN. The fraction of sp³-hybridized carbons (Fsp3) is 0.625. The summed E-state index contributed by atoms with van der Waals surface area (Å²) < 4.78 is 0.960. The summed E-state index contributed by atoms with van der Waals surface area (Å²) in [5, 5.41) is 4.48. The molecule has 2 atom stereocenters. The van der Waals surface area contributed by atoms with Gasteiger partial charge in [0.2, 0.25) is 0 Å². The van der Waals surface area contributed by atoms with E-state index in [1.807, 2.05) is 6.07 Å². The van der Waals surface area contributed by atoms with Crippen LogP contribution in [0.15, 0.2) is 22.7 Å². The van der Waals surface area contributed by atoms with E-state index >= 15 is 0 Å². The monoisotopic (exact) mass is 343 g/mol. The van der Waals surface area contributed by atoms with Crippen LogP contribution in [0.1, 0.15) is 46.5 Å². The molecule has 0 saturated heterocycles. The van der Waals surface area contributed by atoms with E-state index in [1.165, 1.54) is 25.7 Å². The molecule has 0 spiro atoms. The Balaban J connectivity index is 2.13. The lowest BCUT2D eigenvalue weighted by atomic mass is 9.69. The summed E-state index contributed by atoms with van der Waals surface area (Å²) in [5.41, 5.74) is 1.53. The van der Waals surface area contributed by atoms with Crippen molar-refractivity contribution in [2.24, 2.45) is 11.3 Å². The van der Waals surface area contributed by atoms with Crippen molar-refractivity contribution >= 4 is 33.2 Å². The van der Waals surface area contributed by atoms with Gasteiger partial charge in [0.15, 0.2) is 0 Å². The minimum Gasteiger partial charge on any atom is -0.382 e. The van der Waals surface area contributed by atoms with Crippen molar-refractivity contribution in [3.05, 3.63) is 27.7 Å². The Kier molecular flexibility index (Phi) is 4.84. The average molecular weight is 345 g/mol. The van der Waals surface area contributed by atoms with Gasteiger partial charge in [-0.15, -0.1) is 0 Å². The second-order valence-electron chi connectivity index (χ2n) is 6.64. The third-order valence-electron chi connectivity index (χ3n) is 4.15. The Morgan fingerprint density at radius 2 is 1.89 bits per heavy atom. The van der Waals surface area contributed by atoms with Crippen LogP contribution in [0.2, 0.25) is 5.02 Å². The van der Waals surface area contributed by atoms with E-state index < -0.39 is 0 Å². The smallest absolute Gasteiger partial charge is 0.0549 e. The lowest BCUT2D eigenvalue weighted by Gasteiger charge is -2.41. The number of benzene rings is 1. The Morgan fingerprint density at radius 1 is 1.21 bits per heavy atom. The molecule has 1 nitrogen and oxygen atoms in total. The molecule has 1 aliphatic rings. The molecule has 0 radical (unpaired) electrons. The number of hydrogen-bond donors (Lipinski definition) is 1. The highest BCUT2D eigenvalue weighted by molar-refractivity contribution is 9.10. The maximum Gasteiger partial charge on any atom is 0.0549 e. The molecule has 0 heterocycles. The van der Waals surface area contributed by atoms with Crippen molar-refractivity contribution in [2.45, 2.75) is 52.5 Å². The molecule has 1 fully saturated rings. The molecule has 1 N–H and O–H groups in total. The van der Waals surface area contributed by atoms with Gasteiger partial charge in [-0.3, -0.25) is 0 Å². The minimum absolute atomic E-state index is 0.363. The second kappa shape index (κ2) is 6.05. The van der Waals surface area contributed by atoms with Gasteiger partial charge in [0.25, 0.3) is 0 Å². The first-order valence-electron chi connectivity index (χ1n) is 7.09. The molecule has 3 heteroatoms. The number of halogens is 2. The maximum atomic E-state index is 6.05. The van der Waals surface area contributed by atoms with Gasteiger partial charge in [0.05, 0.1) is 5.02 Å². The van der Waals surface area contributed by atoms with Crippen molar-refractivity contribution < 1.29 is 0 Å². The first kappa shape index (κ1) is 15.2. The molecule has 2 rings (SSSR count). The molecule has 1 saturated carbocycles. The van der Waals surface area contributed by atoms with E-state index in [4.69, 9.17) is 11.6 Å². The Labute approximate surface area is 130 Å². The molecule has 19 heavy (non-hydrogen) atoms. The maximum absolute atomic E-state index is 6.05. The first-order valence-corrected chi connectivity index (χ1v) is 8.26. The minimum atomic E-state index is 0.363. The Hall–Kier alpha value is -0.210. The molecule has 1 aromatic rings. The highest BCUT2D eigenvalue weighted by Crippen LogP contribution is 2.39. The molecule has 2 unspecified atom stereocenters. The highest BCUT2D eigenvalue weighted by atomic mass is 79.9. The lowest BCUT2D eigenvalue weighted by Crippen LogP contribution is -2.39. The summed E-state index contributed by atoms with van der Waals surface area (Å²) in [6.07, 6.45) is 5.29. The zero-order valence-electron chi connectivity index (χ0n) is 12.0. The molecule has 0 aliphatic heterocycles. The number of nitrogens with one attached hydrogen (secondary N) is 1. The molecule has 1 aromatic carbocycles. The summed E-state index contributed by atoms with van der Waals surface area (Å²) >= 11 is 9.54. The highest BCUT2D eigenvalue weighted by Gasteiger charge is 2.33. The van der Waals surface area contributed by atoms with Crippen LogP contribution < -0.4 is 5.32 Å². The molecule has 106 valence electrons. The Bertz CT molecular complexity index is 439. The van der Waals surface area contributed by atoms with Gasteiger partial charge in [-0.05, 0) is 58.3 Å². The van der Waals surface area contributed by atoms with Crippen molar-refractivity contribution in [2.75, 3.05) is 5.32 Å². The topological polar surface area (TPSA) is 12.0 Å². The van der Waals surface area contributed by atoms with Gasteiger partial charge in [0.1, 0.15) is 0 Å². The molecular weight excluding hydrogens is 322 g/mol. The summed E-state index contributed by atoms with van der Waals surface area (Å²) in [7, 11) is 0. The zero-order valence-corrected chi connectivity index (χ0v) is 14.3. The van der Waals surface area contributed by atoms with Crippen molar-refractivity contribution in [1.82, 2.24) is 0 Å². The van der Waals surface area contributed by atoms with E-state index in [9.17, 15) is 0 Å². The normalized spacial score (nSPS) is 24.3. The van der Waals surface area contributed by atoms with Gasteiger partial charge in [-0.2, -0.15) is 0 Å². The third-order valence-corrected chi connectivity index (χ3v) is 5.36. The van der Waals surface area contributed by atoms with Gasteiger partial charge >= 0.3 is 0 Å². The molecule has 0 bridgehead atoms.